The maximum absolute atomic E-state index is 12.7. The van der Waals surface area contributed by atoms with E-state index >= 15 is 0 Å². The highest BCUT2D eigenvalue weighted by atomic mass is 32.1. The lowest BCUT2D eigenvalue weighted by Gasteiger charge is -2.40. The summed E-state index contributed by atoms with van der Waals surface area (Å²) < 4.78 is 5.92. The largest absolute Gasteiger partial charge is 0.377 e. The minimum Gasteiger partial charge on any atom is -0.377 e. The molecule has 1 aliphatic carbocycles. The normalized spacial score (nSPS) is 31.6. The van der Waals surface area contributed by atoms with E-state index in [1.165, 1.54) is 6.42 Å². The SMILES string of the molecule is Cc1nc(CN2C[C@@H]3OCC[C@@H]3[C@H](C(=O)NC3CCC3)C2)cs1. The van der Waals surface area contributed by atoms with Crippen molar-refractivity contribution in [3.63, 3.8) is 0 Å². The number of amides is 1. The van der Waals surface area contributed by atoms with Crippen LogP contribution in [-0.4, -0.2) is 47.6 Å². The molecule has 3 aliphatic rings. The number of piperidine rings is 1. The van der Waals surface area contributed by atoms with Crippen molar-refractivity contribution in [3.05, 3.63) is 16.1 Å². The third-order valence-electron chi connectivity index (χ3n) is 5.51. The molecule has 6 heteroatoms. The summed E-state index contributed by atoms with van der Waals surface area (Å²) >= 11 is 1.69. The lowest BCUT2D eigenvalue weighted by molar-refractivity contribution is -0.132. The van der Waals surface area contributed by atoms with Gasteiger partial charge in [0.1, 0.15) is 0 Å². The van der Waals surface area contributed by atoms with E-state index in [0.29, 0.717) is 12.0 Å². The summed E-state index contributed by atoms with van der Waals surface area (Å²) in [6.45, 7) is 5.42. The number of hydrogen-bond acceptors (Lipinski definition) is 5. The highest BCUT2D eigenvalue weighted by Crippen LogP contribution is 2.35. The summed E-state index contributed by atoms with van der Waals surface area (Å²) in [5, 5.41) is 6.48. The van der Waals surface area contributed by atoms with Crippen molar-refractivity contribution in [1.82, 2.24) is 15.2 Å². The number of aryl methyl sites for hydroxylation is 1. The van der Waals surface area contributed by atoms with Gasteiger partial charge in [-0.25, -0.2) is 4.98 Å². The van der Waals surface area contributed by atoms with Gasteiger partial charge in [-0.1, -0.05) is 0 Å². The Morgan fingerprint density at radius 2 is 2.30 bits per heavy atom. The van der Waals surface area contributed by atoms with E-state index in [-0.39, 0.29) is 17.9 Å². The first-order valence-electron chi connectivity index (χ1n) is 8.74. The second kappa shape index (κ2) is 6.49. The molecule has 0 spiro atoms. The van der Waals surface area contributed by atoms with Gasteiger partial charge in [0.25, 0.3) is 0 Å². The van der Waals surface area contributed by atoms with Gasteiger partial charge in [0.15, 0.2) is 0 Å². The first-order valence-corrected chi connectivity index (χ1v) is 9.62. The summed E-state index contributed by atoms with van der Waals surface area (Å²) in [6.07, 6.45) is 4.77. The van der Waals surface area contributed by atoms with Crippen molar-refractivity contribution in [2.45, 2.75) is 51.3 Å². The van der Waals surface area contributed by atoms with E-state index in [1.807, 2.05) is 6.92 Å². The highest BCUT2D eigenvalue weighted by molar-refractivity contribution is 7.09. The Balaban J connectivity index is 1.44. The number of carbonyl (C=O) groups is 1. The molecule has 1 aromatic rings. The third kappa shape index (κ3) is 3.30. The molecule has 1 saturated carbocycles. The van der Waals surface area contributed by atoms with E-state index in [1.54, 1.807) is 11.3 Å². The zero-order chi connectivity index (χ0) is 15.8. The quantitative estimate of drug-likeness (QED) is 0.914. The first kappa shape index (κ1) is 15.5. The maximum atomic E-state index is 12.7. The van der Waals surface area contributed by atoms with Gasteiger partial charge in [0, 0.05) is 43.6 Å². The molecule has 126 valence electrons. The number of hydrogen-bond donors (Lipinski definition) is 1. The van der Waals surface area contributed by atoms with E-state index < -0.39 is 0 Å². The van der Waals surface area contributed by atoms with Crippen LogP contribution < -0.4 is 5.32 Å². The van der Waals surface area contributed by atoms with Crippen LogP contribution in [0.25, 0.3) is 0 Å². The second-order valence-corrected chi connectivity index (χ2v) is 8.22. The molecule has 2 aliphatic heterocycles. The van der Waals surface area contributed by atoms with Crippen molar-refractivity contribution in [3.8, 4) is 0 Å². The molecule has 3 fully saturated rings. The van der Waals surface area contributed by atoms with Gasteiger partial charge in [0.2, 0.25) is 5.91 Å². The average Bonchev–Trinajstić information content (AvgIpc) is 3.10. The number of fused-ring (bicyclic) bond motifs is 1. The Morgan fingerprint density at radius 3 is 3.00 bits per heavy atom. The van der Waals surface area contributed by atoms with Crippen LogP contribution in [0.15, 0.2) is 5.38 Å². The van der Waals surface area contributed by atoms with Crippen LogP contribution in [0.2, 0.25) is 0 Å². The number of ether oxygens (including phenoxy) is 1. The fourth-order valence-corrected chi connectivity index (χ4v) is 4.64. The van der Waals surface area contributed by atoms with Crippen molar-refractivity contribution in [1.29, 1.82) is 0 Å². The molecule has 1 N–H and O–H groups in total. The van der Waals surface area contributed by atoms with Gasteiger partial charge in [-0.3, -0.25) is 9.69 Å². The molecular formula is C17H25N3O2S. The summed E-state index contributed by atoms with van der Waals surface area (Å²) in [5.74, 6) is 0.703. The molecule has 0 radical (unpaired) electrons. The number of aromatic nitrogens is 1. The van der Waals surface area contributed by atoms with Crippen molar-refractivity contribution < 1.29 is 9.53 Å². The summed E-state index contributed by atoms with van der Waals surface area (Å²) in [5.41, 5.74) is 1.11. The van der Waals surface area contributed by atoms with Gasteiger partial charge in [-0.15, -0.1) is 11.3 Å². The summed E-state index contributed by atoms with van der Waals surface area (Å²) in [6, 6.07) is 0.417. The van der Waals surface area contributed by atoms with E-state index in [9.17, 15) is 4.79 Å². The van der Waals surface area contributed by atoms with Crippen LogP contribution in [0.4, 0.5) is 0 Å². The van der Waals surface area contributed by atoms with Crippen LogP contribution in [-0.2, 0) is 16.1 Å². The molecule has 0 bridgehead atoms. The number of thiazole rings is 1. The molecule has 1 amide bonds. The minimum absolute atomic E-state index is 0.0663. The Morgan fingerprint density at radius 1 is 1.43 bits per heavy atom. The molecule has 4 rings (SSSR count). The lowest BCUT2D eigenvalue weighted by atomic mass is 9.81. The van der Waals surface area contributed by atoms with Crippen molar-refractivity contribution in [2.24, 2.45) is 11.8 Å². The van der Waals surface area contributed by atoms with Gasteiger partial charge in [0.05, 0.1) is 22.7 Å². The average molecular weight is 335 g/mol. The van der Waals surface area contributed by atoms with E-state index in [4.69, 9.17) is 4.74 Å². The van der Waals surface area contributed by atoms with Crippen LogP contribution in [0, 0.1) is 18.8 Å². The van der Waals surface area contributed by atoms with Gasteiger partial charge >= 0.3 is 0 Å². The standard InChI is InChI=1S/C17H25N3O2S/c1-11-18-13(10-23-11)7-20-8-15(14-5-6-22-16(14)9-20)17(21)19-12-3-2-4-12/h10,12,14-16H,2-9H2,1H3,(H,19,21)/t14-,15-,16+/m1/s1. The predicted octanol–water partition coefficient (Wildman–Crippen LogP) is 1.96. The molecule has 2 saturated heterocycles. The third-order valence-corrected chi connectivity index (χ3v) is 6.33. The highest BCUT2D eigenvalue weighted by Gasteiger charge is 2.44. The van der Waals surface area contributed by atoms with Gasteiger partial charge in [-0.2, -0.15) is 0 Å². The number of nitrogens with zero attached hydrogens (tertiary/aromatic N) is 2. The second-order valence-electron chi connectivity index (χ2n) is 7.16. The Hall–Kier alpha value is -0.980. The molecular weight excluding hydrogens is 310 g/mol. The fourth-order valence-electron chi connectivity index (χ4n) is 4.03. The number of likely N-dealkylation sites (tertiary alicyclic amines) is 1. The molecule has 3 heterocycles. The Bertz CT molecular complexity index is 572. The predicted molar refractivity (Wildman–Crippen MR) is 89.2 cm³/mol. The summed E-state index contributed by atoms with van der Waals surface area (Å²) in [7, 11) is 0. The van der Waals surface area contributed by atoms with Crippen LogP contribution in [0.5, 0.6) is 0 Å². The van der Waals surface area contributed by atoms with Gasteiger partial charge < -0.3 is 10.1 Å². The molecule has 0 unspecified atom stereocenters. The minimum atomic E-state index is 0.0663. The molecule has 23 heavy (non-hydrogen) atoms. The number of nitrogens with one attached hydrogen (secondary N) is 1. The monoisotopic (exact) mass is 335 g/mol. The molecule has 0 aromatic carbocycles. The molecule has 3 atom stereocenters. The zero-order valence-electron chi connectivity index (χ0n) is 13.7. The van der Waals surface area contributed by atoms with E-state index in [0.717, 1.165) is 56.2 Å². The summed E-state index contributed by atoms with van der Waals surface area (Å²) in [4.78, 5) is 19.7. The van der Waals surface area contributed by atoms with Crippen LogP contribution >= 0.6 is 11.3 Å². The van der Waals surface area contributed by atoms with Gasteiger partial charge in [-0.05, 0) is 32.6 Å². The van der Waals surface area contributed by atoms with Crippen molar-refractivity contribution in [2.75, 3.05) is 19.7 Å². The molecule has 5 nitrogen and oxygen atoms in total. The smallest absolute Gasteiger partial charge is 0.225 e. The first-order chi connectivity index (χ1) is 11.2. The van der Waals surface area contributed by atoms with Crippen LogP contribution in [0.3, 0.4) is 0 Å². The Labute approximate surface area is 141 Å². The van der Waals surface area contributed by atoms with E-state index in [2.05, 4.69) is 20.6 Å². The lowest BCUT2D eigenvalue weighted by Crippen LogP contribution is -2.54. The topological polar surface area (TPSA) is 54.5 Å². The number of carbonyl (C=O) groups excluding carboxylic acids is 1. The zero-order valence-corrected chi connectivity index (χ0v) is 14.5. The molecule has 1 aromatic heterocycles. The Kier molecular flexibility index (Phi) is 4.39. The van der Waals surface area contributed by atoms with Crippen molar-refractivity contribution >= 4 is 17.2 Å². The fraction of sp³-hybridized carbons (Fsp3) is 0.765. The van der Waals surface area contributed by atoms with Crippen LogP contribution in [0.1, 0.15) is 36.4 Å². The number of rotatable bonds is 4. The maximum Gasteiger partial charge on any atom is 0.225 e.